The molecule has 0 spiro atoms. The van der Waals surface area contributed by atoms with Gasteiger partial charge in [0.25, 0.3) is 0 Å². The van der Waals surface area contributed by atoms with Gasteiger partial charge in [0.15, 0.2) is 5.13 Å². The number of nitrogens with zero attached hydrogens (tertiary/aromatic N) is 2. The van der Waals surface area contributed by atoms with Crippen LogP contribution in [0.15, 0.2) is 5.38 Å². The van der Waals surface area contributed by atoms with Crippen molar-refractivity contribution in [1.82, 2.24) is 10.3 Å². The van der Waals surface area contributed by atoms with E-state index in [0.717, 1.165) is 31.9 Å². The van der Waals surface area contributed by atoms with E-state index in [1.807, 2.05) is 0 Å². The lowest BCUT2D eigenvalue weighted by atomic mass is 9.99. The maximum atomic E-state index is 5.28. The Morgan fingerprint density at radius 3 is 3.16 bits per heavy atom. The Bertz CT molecular complexity index is 379. The van der Waals surface area contributed by atoms with Crippen molar-refractivity contribution in [1.29, 1.82) is 0 Å². The third-order valence-electron chi connectivity index (χ3n) is 3.42. The number of ether oxygens (including phenoxy) is 1. The van der Waals surface area contributed by atoms with Gasteiger partial charge in [-0.2, -0.15) is 0 Å². The Morgan fingerprint density at radius 2 is 2.42 bits per heavy atom. The van der Waals surface area contributed by atoms with Gasteiger partial charge >= 0.3 is 0 Å². The van der Waals surface area contributed by atoms with Gasteiger partial charge in [-0.1, -0.05) is 13.8 Å². The Kier molecular flexibility index (Phi) is 5.60. The van der Waals surface area contributed by atoms with Crippen LogP contribution in [0.25, 0.3) is 0 Å². The lowest BCUT2D eigenvalue weighted by Crippen LogP contribution is -2.37. The average Bonchev–Trinajstić information content (AvgIpc) is 2.86. The summed E-state index contributed by atoms with van der Waals surface area (Å²) < 4.78 is 5.28. The highest BCUT2D eigenvalue weighted by atomic mass is 32.1. The maximum Gasteiger partial charge on any atom is 0.185 e. The highest BCUT2D eigenvalue weighted by Crippen LogP contribution is 2.26. The number of aromatic nitrogens is 1. The van der Waals surface area contributed by atoms with Gasteiger partial charge in [0.05, 0.1) is 12.3 Å². The van der Waals surface area contributed by atoms with E-state index in [1.165, 1.54) is 18.0 Å². The number of rotatable bonds is 6. The van der Waals surface area contributed by atoms with E-state index < -0.39 is 0 Å². The molecule has 0 saturated carbocycles. The summed E-state index contributed by atoms with van der Waals surface area (Å²) in [5.41, 5.74) is 1.16. The van der Waals surface area contributed by atoms with Gasteiger partial charge in [-0.3, -0.25) is 0 Å². The van der Waals surface area contributed by atoms with E-state index in [-0.39, 0.29) is 0 Å². The number of thiazole rings is 1. The third kappa shape index (κ3) is 4.44. The molecule has 2 heterocycles. The minimum atomic E-state index is 0.506. The molecule has 0 aromatic carbocycles. The highest BCUT2D eigenvalue weighted by Gasteiger charge is 2.21. The van der Waals surface area contributed by atoms with Crippen LogP contribution in [0.2, 0.25) is 0 Å². The van der Waals surface area contributed by atoms with Crippen molar-refractivity contribution in [2.24, 2.45) is 5.92 Å². The molecule has 1 fully saturated rings. The molecule has 0 amide bonds. The van der Waals surface area contributed by atoms with E-state index in [0.29, 0.717) is 12.0 Å². The Hall–Kier alpha value is -0.650. The molecule has 19 heavy (non-hydrogen) atoms. The fourth-order valence-corrected chi connectivity index (χ4v) is 3.30. The fraction of sp³-hybridized carbons (Fsp3) is 0.786. The molecule has 1 N–H and O–H groups in total. The van der Waals surface area contributed by atoms with E-state index >= 15 is 0 Å². The zero-order chi connectivity index (χ0) is 13.7. The lowest BCUT2D eigenvalue weighted by Gasteiger charge is -2.32. The molecule has 1 aromatic heterocycles. The standard InChI is InChI=1S/C14H25N3OS/c1-11(2)15-7-13-10-19-14(16-13)17-6-4-5-12(8-17)9-18-3/h10-12,15H,4-9H2,1-3H3. The predicted octanol–water partition coefficient (Wildman–Crippen LogP) is 2.50. The molecule has 1 aliphatic rings. The first-order valence-electron chi connectivity index (χ1n) is 7.10. The van der Waals surface area contributed by atoms with E-state index in [1.54, 1.807) is 18.4 Å². The number of methoxy groups -OCH3 is 1. The second-order valence-corrected chi connectivity index (χ2v) is 6.40. The summed E-state index contributed by atoms with van der Waals surface area (Å²) in [6.07, 6.45) is 2.52. The highest BCUT2D eigenvalue weighted by molar-refractivity contribution is 7.13. The smallest absolute Gasteiger partial charge is 0.185 e. The molecule has 4 nitrogen and oxygen atoms in total. The molecule has 1 saturated heterocycles. The first-order chi connectivity index (χ1) is 9.19. The van der Waals surface area contributed by atoms with Gasteiger partial charge in [-0.05, 0) is 18.8 Å². The largest absolute Gasteiger partial charge is 0.384 e. The SMILES string of the molecule is COCC1CCCN(c2nc(CNC(C)C)cs2)C1. The minimum Gasteiger partial charge on any atom is -0.384 e. The quantitative estimate of drug-likeness (QED) is 0.870. The van der Waals surface area contributed by atoms with Crippen molar-refractivity contribution in [2.75, 3.05) is 31.7 Å². The third-order valence-corrected chi connectivity index (χ3v) is 4.37. The summed E-state index contributed by atoms with van der Waals surface area (Å²) in [6.45, 7) is 8.26. The summed E-state index contributed by atoms with van der Waals surface area (Å²) in [7, 11) is 1.79. The van der Waals surface area contributed by atoms with Crippen molar-refractivity contribution in [3.8, 4) is 0 Å². The van der Waals surface area contributed by atoms with Crippen LogP contribution in [0, 0.1) is 5.92 Å². The molecular weight excluding hydrogens is 258 g/mol. The van der Waals surface area contributed by atoms with Crippen molar-refractivity contribution in [3.63, 3.8) is 0 Å². The minimum absolute atomic E-state index is 0.506. The molecule has 0 bridgehead atoms. The summed E-state index contributed by atoms with van der Waals surface area (Å²) in [5.74, 6) is 0.653. The molecule has 5 heteroatoms. The van der Waals surface area contributed by atoms with Gasteiger partial charge < -0.3 is 15.0 Å². The Balaban J connectivity index is 1.90. The van der Waals surface area contributed by atoms with Crippen LogP contribution in [0.5, 0.6) is 0 Å². The first kappa shape index (κ1) is 14.8. The van der Waals surface area contributed by atoms with Crippen LogP contribution in [0.3, 0.4) is 0 Å². The lowest BCUT2D eigenvalue weighted by molar-refractivity contribution is 0.143. The van der Waals surface area contributed by atoms with Crippen LogP contribution in [-0.4, -0.2) is 37.8 Å². The molecule has 1 unspecified atom stereocenters. The van der Waals surface area contributed by atoms with E-state index in [9.17, 15) is 0 Å². The van der Waals surface area contributed by atoms with Crippen LogP contribution in [0.1, 0.15) is 32.4 Å². The van der Waals surface area contributed by atoms with Gasteiger partial charge in [0, 0.05) is 38.2 Å². The topological polar surface area (TPSA) is 37.4 Å². The average molecular weight is 283 g/mol. The van der Waals surface area contributed by atoms with Crippen molar-refractivity contribution < 1.29 is 4.74 Å². The van der Waals surface area contributed by atoms with Gasteiger partial charge in [-0.15, -0.1) is 11.3 Å². The number of nitrogens with one attached hydrogen (secondary N) is 1. The van der Waals surface area contributed by atoms with Crippen molar-refractivity contribution in [3.05, 3.63) is 11.1 Å². The molecule has 0 aliphatic carbocycles. The van der Waals surface area contributed by atoms with Gasteiger partial charge in [-0.25, -0.2) is 4.98 Å². The van der Waals surface area contributed by atoms with Crippen LogP contribution in [0.4, 0.5) is 5.13 Å². The molecule has 108 valence electrons. The predicted molar refractivity (Wildman–Crippen MR) is 80.9 cm³/mol. The summed E-state index contributed by atoms with van der Waals surface area (Å²) >= 11 is 1.76. The number of hydrogen-bond donors (Lipinski definition) is 1. The number of hydrogen-bond acceptors (Lipinski definition) is 5. The summed E-state index contributed by atoms with van der Waals surface area (Å²) in [5, 5.41) is 6.75. The molecule has 2 rings (SSSR count). The fourth-order valence-electron chi connectivity index (χ4n) is 2.44. The first-order valence-corrected chi connectivity index (χ1v) is 7.98. The molecule has 0 radical (unpaired) electrons. The van der Waals surface area contributed by atoms with Crippen molar-refractivity contribution >= 4 is 16.5 Å². The molecule has 1 atom stereocenters. The van der Waals surface area contributed by atoms with E-state index in [4.69, 9.17) is 9.72 Å². The summed E-state index contributed by atoms with van der Waals surface area (Å²) in [4.78, 5) is 7.15. The molecular formula is C14H25N3OS. The zero-order valence-electron chi connectivity index (χ0n) is 12.2. The number of anilines is 1. The van der Waals surface area contributed by atoms with Crippen LogP contribution < -0.4 is 10.2 Å². The normalized spacial score (nSPS) is 20.2. The zero-order valence-corrected chi connectivity index (χ0v) is 13.0. The maximum absolute atomic E-state index is 5.28. The summed E-state index contributed by atoms with van der Waals surface area (Å²) in [6, 6.07) is 0.506. The Labute approximate surface area is 120 Å². The monoisotopic (exact) mass is 283 g/mol. The molecule has 1 aromatic rings. The van der Waals surface area contributed by atoms with Crippen molar-refractivity contribution in [2.45, 2.75) is 39.3 Å². The number of piperidine rings is 1. The second kappa shape index (κ2) is 7.22. The van der Waals surface area contributed by atoms with Crippen LogP contribution in [-0.2, 0) is 11.3 Å². The second-order valence-electron chi connectivity index (χ2n) is 5.57. The van der Waals surface area contributed by atoms with Crippen LogP contribution >= 0.6 is 11.3 Å². The van der Waals surface area contributed by atoms with E-state index in [2.05, 4.69) is 29.4 Å². The van der Waals surface area contributed by atoms with Gasteiger partial charge in [0.1, 0.15) is 0 Å². The molecule has 1 aliphatic heterocycles. The Morgan fingerprint density at radius 1 is 1.58 bits per heavy atom. The van der Waals surface area contributed by atoms with Gasteiger partial charge in [0.2, 0.25) is 0 Å².